The number of urea groups is 1. The second kappa shape index (κ2) is 6.40. The molecular weight excluding hydrogens is 226 g/mol. The summed E-state index contributed by atoms with van der Waals surface area (Å²) in [5.74, 6) is 0.574. The number of para-hydroxylation sites is 1. The largest absolute Gasteiger partial charge is 0.338 e. The second-order valence-electron chi connectivity index (χ2n) is 4.97. The van der Waals surface area contributed by atoms with Crippen molar-refractivity contribution in [2.45, 2.75) is 12.8 Å². The van der Waals surface area contributed by atoms with Gasteiger partial charge >= 0.3 is 6.03 Å². The van der Waals surface area contributed by atoms with E-state index in [0.29, 0.717) is 5.92 Å². The van der Waals surface area contributed by atoms with Gasteiger partial charge in [0.05, 0.1) is 0 Å². The number of likely N-dealkylation sites (tertiary alicyclic amines) is 1. The van der Waals surface area contributed by atoms with Crippen LogP contribution in [-0.2, 0) is 0 Å². The topological polar surface area (TPSA) is 44.4 Å². The zero-order valence-corrected chi connectivity index (χ0v) is 10.9. The molecule has 0 radical (unpaired) electrons. The first-order valence-electron chi connectivity index (χ1n) is 6.52. The molecule has 0 saturated carbocycles. The molecule has 0 aromatic heterocycles. The fraction of sp³-hybridized carbons (Fsp3) is 0.500. The van der Waals surface area contributed by atoms with Gasteiger partial charge in [-0.1, -0.05) is 18.2 Å². The number of piperidine rings is 1. The second-order valence-corrected chi connectivity index (χ2v) is 4.97. The van der Waals surface area contributed by atoms with E-state index in [0.717, 1.165) is 18.8 Å². The maximum atomic E-state index is 11.7. The predicted molar refractivity (Wildman–Crippen MR) is 73.7 cm³/mol. The zero-order chi connectivity index (χ0) is 12.8. The van der Waals surface area contributed by atoms with Gasteiger partial charge in [-0.2, -0.15) is 0 Å². The number of rotatable bonds is 3. The molecule has 4 heteroatoms. The number of hydrogen-bond donors (Lipinski definition) is 2. The fourth-order valence-corrected chi connectivity index (χ4v) is 2.37. The lowest BCUT2D eigenvalue weighted by Gasteiger charge is -2.29. The van der Waals surface area contributed by atoms with E-state index in [1.165, 1.54) is 19.4 Å². The van der Waals surface area contributed by atoms with Gasteiger partial charge < -0.3 is 15.5 Å². The third kappa shape index (κ3) is 4.04. The maximum absolute atomic E-state index is 11.7. The molecule has 1 fully saturated rings. The molecule has 1 aliphatic rings. The summed E-state index contributed by atoms with van der Waals surface area (Å²) in [6, 6.07) is 9.40. The quantitative estimate of drug-likeness (QED) is 0.859. The first-order valence-corrected chi connectivity index (χ1v) is 6.52. The maximum Gasteiger partial charge on any atom is 0.319 e. The Bertz CT molecular complexity index is 380. The van der Waals surface area contributed by atoms with E-state index in [4.69, 9.17) is 0 Å². The van der Waals surface area contributed by atoms with Crippen molar-refractivity contribution < 1.29 is 4.79 Å². The SMILES string of the molecule is CN1CCC[C@@H](CNC(=O)Nc2ccccc2)C1. The van der Waals surface area contributed by atoms with Gasteiger partial charge in [-0.3, -0.25) is 0 Å². The lowest BCUT2D eigenvalue weighted by molar-refractivity contribution is 0.204. The molecule has 18 heavy (non-hydrogen) atoms. The molecule has 0 spiro atoms. The van der Waals surface area contributed by atoms with Gasteiger partial charge in [0, 0.05) is 18.8 Å². The van der Waals surface area contributed by atoms with Gasteiger partial charge in [0.25, 0.3) is 0 Å². The monoisotopic (exact) mass is 247 g/mol. The molecule has 1 saturated heterocycles. The first-order chi connectivity index (χ1) is 8.74. The summed E-state index contributed by atoms with van der Waals surface area (Å²) in [6.45, 7) is 3.00. The molecule has 1 heterocycles. The molecule has 1 aromatic rings. The highest BCUT2D eigenvalue weighted by Gasteiger charge is 2.17. The zero-order valence-electron chi connectivity index (χ0n) is 10.9. The van der Waals surface area contributed by atoms with Gasteiger partial charge in [0.15, 0.2) is 0 Å². The summed E-state index contributed by atoms with van der Waals surface area (Å²) >= 11 is 0. The number of amides is 2. The van der Waals surface area contributed by atoms with Crippen molar-refractivity contribution in [1.29, 1.82) is 0 Å². The fourth-order valence-electron chi connectivity index (χ4n) is 2.37. The Labute approximate surface area is 108 Å². The standard InChI is InChI=1S/C14H21N3O/c1-17-9-5-6-12(11-17)10-15-14(18)16-13-7-3-2-4-8-13/h2-4,7-8,12H,5-6,9-11H2,1H3,(H2,15,16,18)/t12-/m0/s1. The molecular formula is C14H21N3O. The van der Waals surface area contributed by atoms with E-state index in [1.54, 1.807) is 0 Å². The van der Waals surface area contributed by atoms with Crippen LogP contribution in [0.25, 0.3) is 0 Å². The predicted octanol–water partition coefficient (Wildman–Crippen LogP) is 2.15. The minimum absolute atomic E-state index is 0.116. The van der Waals surface area contributed by atoms with Crippen LogP contribution in [0.15, 0.2) is 30.3 Å². The van der Waals surface area contributed by atoms with E-state index >= 15 is 0 Å². The molecule has 0 unspecified atom stereocenters. The highest BCUT2D eigenvalue weighted by Crippen LogP contribution is 2.13. The number of anilines is 1. The van der Waals surface area contributed by atoms with Crippen LogP contribution in [-0.4, -0.2) is 37.6 Å². The molecule has 2 rings (SSSR count). The summed E-state index contributed by atoms with van der Waals surface area (Å²) in [5, 5.41) is 5.77. The summed E-state index contributed by atoms with van der Waals surface area (Å²) in [5.41, 5.74) is 0.829. The molecule has 2 N–H and O–H groups in total. The van der Waals surface area contributed by atoms with Crippen LogP contribution in [0.5, 0.6) is 0 Å². The van der Waals surface area contributed by atoms with Crippen molar-refractivity contribution >= 4 is 11.7 Å². The number of nitrogens with one attached hydrogen (secondary N) is 2. The van der Waals surface area contributed by atoms with E-state index in [2.05, 4.69) is 22.6 Å². The Balaban J connectivity index is 1.71. The Kier molecular flexibility index (Phi) is 4.59. The van der Waals surface area contributed by atoms with E-state index in [-0.39, 0.29) is 6.03 Å². The van der Waals surface area contributed by atoms with Crippen molar-refractivity contribution in [3.05, 3.63) is 30.3 Å². The number of hydrogen-bond acceptors (Lipinski definition) is 2. The van der Waals surface area contributed by atoms with E-state index in [9.17, 15) is 4.79 Å². The number of carbonyl (C=O) groups excluding carboxylic acids is 1. The first kappa shape index (κ1) is 12.9. The summed E-state index contributed by atoms with van der Waals surface area (Å²) in [6.07, 6.45) is 2.43. The van der Waals surface area contributed by atoms with Crippen molar-refractivity contribution in [2.75, 3.05) is 32.0 Å². The van der Waals surface area contributed by atoms with Gasteiger partial charge in [0.1, 0.15) is 0 Å². The Hall–Kier alpha value is -1.55. The average Bonchev–Trinajstić information content (AvgIpc) is 2.38. The van der Waals surface area contributed by atoms with Crippen LogP contribution in [0.2, 0.25) is 0 Å². The lowest BCUT2D eigenvalue weighted by Crippen LogP contribution is -2.40. The molecule has 1 aliphatic heterocycles. The highest BCUT2D eigenvalue weighted by molar-refractivity contribution is 5.89. The van der Waals surface area contributed by atoms with Crippen LogP contribution in [0.1, 0.15) is 12.8 Å². The Morgan fingerprint density at radius 1 is 1.39 bits per heavy atom. The lowest BCUT2D eigenvalue weighted by atomic mass is 9.99. The Morgan fingerprint density at radius 3 is 2.89 bits per heavy atom. The third-order valence-corrected chi connectivity index (χ3v) is 3.31. The van der Waals surface area contributed by atoms with Crippen molar-refractivity contribution in [1.82, 2.24) is 10.2 Å². The van der Waals surface area contributed by atoms with Gasteiger partial charge in [0.2, 0.25) is 0 Å². The molecule has 4 nitrogen and oxygen atoms in total. The van der Waals surface area contributed by atoms with Crippen LogP contribution < -0.4 is 10.6 Å². The summed E-state index contributed by atoms with van der Waals surface area (Å²) < 4.78 is 0. The number of benzene rings is 1. The molecule has 98 valence electrons. The molecule has 2 amide bonds. The van der Waals surface area contributed by atoms with Crippen LogP contribution in [0.3, 0.4) is 0 Å². The molecule has 0 aliphatic carbocycles. The van der Waals surface area contributed by atoms with Crippen molar-refractivity contribution in [2.24, 2.45) is 5.92 Å². The van der Waals surface area contributed by atoms with E-state index in [1.807, 2.05) is 30.3 Å². The van der Waals surface area contributed by atoms with E-state index < -0.39 is 0 Å². The average molecular weight is 247 g/mol. The van der Waals surface area contributed by atoms with Crippen molar-refractivity contribution in [3.8, 4) is 0 Å². The Morgan fingerprint density at radius 2 is 2.17 bits per heavy atom. The van der Waals surface area contributed by atoms with Gasteiger partial charge in [-0.15, -0.1) is 0 Å². The van der Waals surface area contributed by atoms with Gasteiger partial charge in [-0.05, 0) is 44.5 Å². The highest BCUT2D eigenvalue weighted by atomic mass is 16.2. The normalized spacial score (nSPS) is 20.4. The van der Waals surface area contributed by atoms with Crippen molar-refractivity contribution in [3.63, 3.8) is 0 Å². The van der Waals surface area contributed by atoms with Gasteiger partial charge in [-0.25, -0.2) is 4.79 Å². The van der Waals surface area contributed by atoms with Crippen LogP contribution >= 0.6 is 0 Å². The smallest absolute Gasteiger partial charge is 0.319 e. The molecule has 0 bridgehead atoms. The number of carbonyl (C=O) groups is 1. The summed E-state index contributed by atoms with van der Waals surface area (Å²) in [7, 11) is 2.14. The molecule has 1 atom stereocenters. The number of nitrogens with zero attached hydrogens (tertiary/aromatic N) is 1. The minimum Gasteiger partial charge on any atom is -0.338 e. The molecule has 1 aromatic carbocycles. The van der Waals surface area contributed by atoms with Crippen LogP contribution in [0.4, 0.5) is 10.5 Å². The third-order valence-electron chi connectivity index (χ3n) is 3.31. The summed E-state index contributed by atoms with van der Waals surface area (Å²) in [4.78, 5) is 14.0. The van der Waals surface area contributed by atoms with Crippen LogP contribution in [0, 0.1) is 5.92 Å². The minimum atomic E-state index is -0.116.